The maximum absolute atomic E-state index is 13.9. The Balaban J connectivity index is 1.84. The van der Waals surface area contributed by atoms with Gasteiger partial charge in [0.15, 0.2) is 0 Å². The van der Waals surface area contributed by atoms with Crippen LogP contribution < -0.4 is 10.1 Å². The predicted molar refractivity (Wildman–Crippen MR) is 113 cm³/mol. The van der Waals surface area contributed by atoms with E-state index in [9.17, 15) is 22.0 Å². The van der Waals surface area contributed by atoms with Crippen LogP contribution in [-0.2, 0) is 14.8 Å². The van der Waals surface area contributed by atoms with Gasteiger partial charge in [0, 0.05) is 12.1 Å². The summed E-state index contributed by atoms with van der Waals surface area (Å²) >= 11 is 0. The minimum Gasteiger partial charge on any atom is -0.494 e. The molecule has 1 aliphatic carbocycles. The first-order valence-corrected chi connectivity index (χ1v) is 11.7. The normalized spacial score (nSPS) is 15.1. The summed E-state index contributed by atoms with van der Waals surface area (Å²) in [5, 5.41) is 2.35. The SMILES string of the molecule is CCOc1ccc(S(=O)(=O)N(CC(=O)Nc2ccc(F)cc2F)C2CCCCC2)cc1. The number of hydrogen-bond acceptors (Lipinski definition) is 4. The van der Waals surface area contributed by atoms with Crippen LogP contribution in [0.3, 0.4) is 0 Å². The smallest absolute Gasteiger partial charge is 0.243 e. The van der Waals surface area contributed by atoms with E-state index in [2.05, 4.69) is 5.32 Å². The third kappa shape index (κ3) is 5.80. The molecule has 9 heteroatoms. The second-order valence-corrected chi connectivity index (χ2v) is 9.31. The van der Waals surface area contributed by atoms with Crippen LogP contribution in [0.25, 0.3) is 0 Å². The molecule has 1 saturated carbocycles. The average Bonchev–Trinajstić information content (AvgIpc) is 2.75. The van der Waals surface area contributed by atoms with Gasteiger partial charge in [-0.05, 0) is 56.2 Å². The molecular formula is C22H26F2N2O4S. The highest BCUT2D eigenvalue weighted by atomic mass is 32.2. The monoisotopic (exact) mass is 452 g/mol. The molecular weight excluding hydrogens is 426 g/mol. The highest BCUT2D eigenvalue weighted by Crippen LogP contribution is 2.29. The summed E-state index contributed by atoms with van der Waals surface area (Å²) < 4.78 is 60.3. The standard InChI is InChI=1S/C22H26F2N2O4S/c1-2-30-18-9-11-19(12-10-18)31(28,29)26(17-6-4-3-5-7-17)15-22(27)25-21-13-8-16(23)14-20(21)24/h8-14,17H,2-7,15H2,1H3,(H,25,27). The van der Waals surface area contributed by atoms with E-state index in [0.29, 0.717) is 31.3 Å². The number of carbonyl (C=O) groups is 1. The minimum absolute atomic E-state index is 0.0577. The zero-order valence-electron chi connectivity index (χ0n) is 17.3. The molecule has 0 bridgehead atoms. The van der Waals surface area contributed by atoms with Crippen LogP contribution in [0, 0.1) is 11.6 Å². The second kappa shape index (κ2) is 10.2. The van der Waals surface area contributed by atoms with Gasteiger partial charge in [0.1, 0.15) is 17.4 Å². The summed E-state index contributed by atoms with van der Waals surface area (Å²) in [4.78, 5) is 12.7. The van der Waals surface area contributed by atoms with Gasteiger partial charge in [-0.3, -0.25) is 4.79 Å². The third-order valence-electron chi connectivity index (χ3n) is 5.23. The molecule has 0 aliphatic heterocycles. The first-order chi connectivity index (χ1) is 14.8. The lowest BCUT2D eigenvalue weighted by molar-refractivity contribution is -0.116. The molecule has 3 rings (SSSR count). The van der Waals surface area contributed by atoms with Crippen LogP contribution >= 0.6 is 0 Å². The van der Waals surface area contributed by atoms with Crippen LogP contribution in [-0.4, -0.2) is 37.8 Å². The lowest BCUT2D eigenvalue weighted by Crippen LogP contribution is -2.45. The van der Waals surface area contributed by atoms with Gasteiger partial charge in [0.2, 0.25) is 15.9 Å². The molecule has 0 spiro atoms. The summed E-state index contributed by atoms with van der Waals surface area (Å²) in [5.74, 6) is -1.83. The van der Waals surface area contributed by atoms with Crippen LogP contribution in [0.15, 0.2) is 47.4 Å². The molecule has 31 heavy (non-hydrogen) atoms. The van der Waals surface area contributed by atoms with E-state index in [1.807, 2.05) is 6.92 Å². The molecule has 1 fully saturated rings. The van der Waals surface area contributed by atoms with E-state index >= 15 is 0 Å². The summed E-state index contributed by atoms with van der Waals surface area (Å²) in [6, 6.07) is 8.51. The van der Waals surface area contributed by atoms with Gasteiger partial charge in [0.25, 0.3) is 0 Å². The molecule has 0 unspecified atom stereocenters. The van der Waals surface area contributed by atoms with E-state index in [4.69, 9.17) is 4.74 Å². The van der Waals surface area contributed by atoms with Crippen molar-refractivity contribution in [2.75, 3.05) is 18.5 Å². The fourth-order valence-corrected chi connectivity index (χ4v) is 5.35. The first-order valence-electron chi connectivity index (χ1n) is 10.3. The third-order valence-corrected chi connectivity index (χ3v) is 7.14. The van der Waals surface area contributed by atoms with Gasteiger partial charge >= 0.3 is 0 Å². The zero-order chi connectivity index (χ0) is 22.4. The maximum Gasteiger partial charge on any atom is 0.243 e. The fourth-order valence-electron chi connectivity index (χ4n) is 3.71. The van der Waals surface area contributed by atoms with Crippen molar-refractivity contribution in [2.45, 2.75) is 50.0 Å². The highest BCUT2D eigenvalue weighted by Gasteiger charge is 2.34. The van der Waals surface area contributed by atoms with Crippen molar-refractivity contribution < 1.29 is 26.7 Å². The average molecular weight is 453 g/mol. The maximum atomic E-state index is 13.9. The van der Waals surface area contributed by atoms with E-state index in [0.717, 1.165) is 31.4 Å². The molecule has 168 valence electrons. The quantitative estimate of drug-likeness (QED) is 0.647. The number of rotatable bonds is 8. The van der Waals surface area contributed by atoms with Gasteiger partial charge in [-0.15, -0.1) is 0 Å². The van der Waals surface area contributed by atoms with Crippen molar-refractivity contribution in [3.05, 3.63) is 54.1 Å². The number of hydrogen-bond donors (Lipinski definition) is 1. The molecule has 1 amide bonds. The van der Waals surface area contributed by atoms with Crippen molar-refractivity contribution in [3.8, 4) is 5.75 Å². The largest absolute Gasteiger partial charge is 0.494 e. The number of halogens is 2. The molecule has 1 N–H and O–H groups in total. The van der Waals surface area contributed by atoms with Crippen LogP contribution in [0.4, 0.5) is 14.5 Å². The van der Waals surface area contributed by atoms with Crippen LogP contribution in [0.1, 0.15) is 39.0 Å². The Morgan fingerprint density at radius 2 is 1.77 bits per heavy atom. The van der Waals surface area contributed by atoms with E-state index in [1.54, 1.807) is 12.1 Å². The Bertz CT molecular complexity index is 1010. The highest BCUT2D eigenvalue weighted by molar-refractivity contribution is 7.89. The van der Waals surface area contributed by atoms with Crippen molar-refractivity contribution in [1.29, 1.82) is 0 Å². The molecule has 0 atom stereocenters. The van der Waals surface area contributed by atoms with Crippen LogP contribution in [0.2, 0.25) is 0 Å². The Morgan fingerprint density at radius 1 is 1.10 bits per heavy atom. The fraction of sp³-hybridized carbons (Fsp3) is 0.409. The van der Waals surface area contributed by atoms with Crippen molar-refractivity contribution >= 4 is 21.6 Å². The number of nitrogens with zero attached hydrogens (tertiary/aromatic N) is 1. The summed E-state index contributed by atoms with van der Waals surface area (Å²) in [6.07, 6.45) is 4.05. The van der Waals surface area contributed by atoms with Gasteiger partial charge < -0.3 is 10.1 Å². The lowest BCUT2D eigenvalue weighted by Gasteiger charge is -2.33. The van der Waals surface area contributed by atoms with Gasteiger partial charge in [-0.25, -0.2) is 17.2 Å². The summed E-state index contributed by atoms with van der Waals surface area (Å²) in [5.41, 5.74) is -0.201. The molecule has 0 saturated heterocycles. The number of benzene rings is 2. The van der Waals surface area contributed by atoms with E-state index in [-0.39, 0.29) is 16.6 Å². The second-order valence-electron chi connectivity index (χ2n) is 7.42. The number of carbonyl (C=O) groups excluding carboxylic acids is 1. The van der Waals surface area contributed by atoms with Crippen molar-refractivity contribution in [2.24, 2.45) is 0 Å². The number of ether oxygens (including phenoxy) is 1. The molecule has 2 aromatic carbocycles. The number of nitrogens with one attached hydrogen (secondary N) is 1. The van der Waals surface area contributed by atoms with Crippen molar-refractivity contribution in [3.63, 3.8) is 0 Å². The number of anilines is 1. The molecule has 2 aromatic rings. The first kappa shape index (κ1) is 23.1. The van der Waals surface area contributed by atoms with Crippen LogP contribution in [0.5, 0.6) is 5.75 Å². The Kier molecular flexibility index (Phi) is 7.61. The number of sulfonamides is 1. The summed E-state index contributed by atoms with van der Waals surface area (Å²) in [7, 11) is -3.97. The van der Waals surface area contributed by atoms with E-state index < -0.39 is 34.1 Å². The lowest BCUT2D eigenvalue weighted by atomic mass is 9.95. The molecule has 6 nitrogen and oxygen atoms in total. The topological polar surface area (TPSA) is 75.7 Å². The Morgan fingerprint density at radius 3 is 2.39 bits per heavy atom. The van der Waals surface area contributed by atoms with E-state index in [1.165, 1.54) is 16.4 Å². The Hall–Kier alpha value is -2.52. The molecule has 0 aromatic heterocycles. The van der Waals surface area contributed by atoms with Gasteiger partial charge in [-0.2, -0.15) is 4.31 Å². The van der Waals surface area contributed by atoms with Gasteiger partial charge in [-0.1, -0.05) is 19.3 Å². The molecule has 0 heterocycles. The van der Waals surface area contributed by atoms with Crippen molar-refractivity contribution in [1.82, 2.24) is 4.31 Å². The molecule has 1 aliphatic rings. The number of amides is 1. The van der Waals surface area contributed by atoms with Gasteiger partial charge in [0.05, 0.1) is 23.7 Å². The summed E-state index contributed by atoms with van der Waals surface area (Å²) in [6.45, 7) is 1.83. The predicted octanol–water partition coefficient (Wildman–Crippen LogP) is 4.33. The zero-order valence-corrected chi connectivity index (χ0v) is 18.1. The molecule has 0 radical (unpaired) electrons. The minimum atomic E-state index is -3.97. The Labute approximate surface area is 181 Å².